The van der Waals surface area contributed by atoms with Crippen molar-refractivity contribution in [3.8, 4) is 11.4 Å². The van der Waals surface area contributed by atoms with Crippen molar-refractivity contribution in [3.05, 3.63) is 28.7 Å². The molecule has 0 saturated heterocycles. The summed E-state index contributed by atoms with van der Waals surface area (Å²) in [5.41, 5.74) is 0.389. The lowest BCUT2D eigenvalue weighted by Gasteiger charge is -2.20. The second-order valence-electron chi connectivity index (χ2n) is 5.22. The van der Waals surface area contributed by atoms with Crippen LogP contribution in [-0.2, 0) is 11.8 Å². The summed E-state index contributed by atoms with van der Waals surface area (Å²) in [6.07, 6.45) is 1.54. The van der Waals surface area contributed by atoms with Crippen molar-refractivity contribution >= 4 is 5.97 Å². The number of tetrazole rings is 1. The van der Waals surface area contributed by atoms with Crippen LogP contribution in [0, 0.1) is 5.92 Å². The number of carboxylic acids is 1. The zero-order valence-corrected chi connectivity index (χ0v) is 12.1. The normalized spacial score (nSPS) is 12.6. The molecule has 1 atom stereocenters. The monoisotopic (exact) mass is 291 g/mol. The third-order valence-electron chi connectivity index (χ3n) is 3.32. The summed E-state index contributed by atoms with van der Waals surface area (Å²) in [5, 5.41) is 20.5. The maximum atomic E-state index is 11.7. The molecule has 0 radical (unpaired) electrons. The fourth-order valence-corrected chi connectivity index (χ4v) is 2.08. The molecule has 1 N–H and O–H groups in total. The fourth-order valence-electron chi connectivity index (χ4n) is 2.08. The molecule has 0 fully saturated rings. The maximum Gasteiger partial charge on any atom is 0.305 e. The molecule has 0 aliphatic heterocycles. The Kier molecular flexibility index (Phi) is 4.15. The van der Waals surface area contributed by atoms with E-state index >= 15 is 0 Å². The number of aromatic nitrogens is 5. The number of hydrogen-bond acceptors (Lipinski definition) is 5. The van der Waals surface area contributed by atoms with E-state index in [4.69, 9.17) is 5.11 Å². The van der Waals surface area contributed by atoms with Crippen molar-refractivity contribution in [2.45, 2.75) is 26.3 Å². The van der Waals surface area contributed by atoms with Gasteiger partial charge in [0.2, 0.25) is 0 Å². The van der Waals surface area contributed by atoms with Gasteiger partial charge in [0.25, 0.3) is 5.56 Å². The highest BCUT2D eigenvalue weighted by molar-refractivity contribution is 5.67. The molecule has 2 aromatic heterocycles. The van der Waals surface area contributed by atoms with Gasteiger partial charge in [0.1, 0.15) is 0 Å². The van der Waals surface area contributed by atoms with Gasteiger partial charge in [0, 0.05) is 24.9 Å². The summed E-state index contributed by atoms with van der Waals surface area (Å²) in [7, 11) is 1.65. The molecule has 112 valence electrons. The first kappa shape index (κ1) is 14.9. The van der Waals surface area contributed by atoms with Crippen LogP contribution in [0.4, 0.5) is 0 Å². The van der Waals surface area contributed by atoms with E-state index < -0.39 is 5.97 Å². The molecule has 0 aliphatic rings. The standard InChI is InChI=1S/C13H17N5O3/c1-8(2)10(7-12(20)21)18-13(14-15-16-18)9-4-5-17(3)11(19)6-9/h4-6,8,10H,7H2,1-3H3,(H,20,21). The fraction of sp³-hybridized carbons (Fsp3) is 0.462. The summed E-state index contributed by atoms with van der Waals surface area (Å²) in [6.45, 7) is 3.81. The van der Waals surface area contributed by atoms with Gasteiger partial charge in [-0.15, -0.1) is 5.10 Å². The van der Waals surface area contributed by atoms with Crippen LogP contribution in [0.15, 0.2) is 23.1 Å². The van der Waals surface area contributed by atoms with E-state index in [2.05, 4.69) is 15.5 Å². The number of carboxylic acid groups (broad SMARTS) is 1. The Morgan fingerprint density at radius 3 is 2.71 bits per heavy atom. The minimum atomic E-state index is -0.917. The highest BCUT2D eigenvalue weighted by Gasteiger charge is 2.24. The van der Waals surface area contributed by atoms with Crippen molar-refractivity contribution in [1.82, 2.24) is 24.8 Å². The van der Waals surface area contributed by atoms with E-state index in [1.54, 1.807) is 19.3 Å². The molecule has 0 saturated carbocycles. The van der Waals surface area contributed by atoms with E-state index in [1.165, 1.54) is 15.3 Å². The summed E-state index contributed by atoms with van der Waals surface area (Å²) in [5.74, 6) is -0.485. The summed E-state index contributed by atoms with van der Waals surface area (Å²) in [6, 6.07) is 2.78. The minimum Gasteiger partial charge on any atom is -0.481 e. The molecular formula is C13H17N5O3. The average molecular weight is 291 g/mol. The molecule has 2 aromatic rings. The molecular weight excluding hydrogens is 274 g/mol. The van der Waals surface area contributed by atoms with Crippen molar-refractivity contribution < 1.29 is 9.90 Å². The Labute approximate surface area is 121 Å². The van der Waals surface area contributed by atoms with E-state index in [1.807, 2.05) is 13.8 Å². The highest BCUT2D eigenvalue weighted by Crippen LogP contribution is 2.25. The van der Waals surface area contributed by atoms with E-state index in [-0.39, 0.29) is 23.9 Å². The van der Waals surface area contributed by atoms with Gasteiger partial charge < -0.3 is 9.67 Å². The molecule has 0 aliphatic carbocycles. The van der Waals surface area contributed by atoms with E-state index in [9.17, 15) is 9.59 Å². The van der Waals surface area contributed by atoms with E-state index in [0.29, 0.717) is 11.4 Å². The van der Waals surface area contributed by atoms with Gasteiger partial charge in [0.05, 0.1) is 12.5 Å². The Morgan fingerprint density at radius 1 is 1.43 bits per heavy atom. The smallest absolute Gasteiger partial charge is 0.305 e. The number of carbonyl (C=O) groups is 1. The van der Waals surface area contributed by atoms with Crippen molar-refractivity contribution in [2.75, 3.05) is 0 Å². The first-order valence-electron chi connectivity index (χ1n) is 6.57. The van der Waals surface area contributed by atoms with Gasteiger partial charge in [0.15, 0.2) is 5.82 Å². The van der Waals surface area contributed by atoms with Crippen LogP contribution in [0.5, 0.6) is 0 Å². The van der Waals surface area contributed by atoms with Gasteiger partial charge in [-0.1, -0.05) is 13.8 Å². The topological polar surface area (TPSA) is 103 Å². The molecule has 21 heavy (non-hydrogen) atoms. The second kappa shape index (κ2) is 5.86. The quantitative estimate of drug-likeness (QED) is 0.870. The van der Waals surface area contributed by atoms with Gasteiger partial charge in [-0.3, -0.25) is 9.59 Å². The van der Waals surface area contributed by atoms with Crippen LogP contribution in [0.1, 0.15) is 26.3 Å². The average Bonchev–Trinajstić information content (AvgIpc) is 2.87. The first-order chi connectivity index (χ1) is 9.90. The lowest BCUT2D eigenvalue weighted by molar-refractivity contribution is -0.138. The predicted octanol–water partition coefficient (Wildman–Crippen LogP) is 0.711. The van der Waals surface area contributed by atoms with E-state index in [0.717, 1.165) is 0 Å². The molecule has 0 aromatic carbocycles. The molecule has 1 unspecified atom stereocenters. The second-order valence-corrected chi connectivity index (χ2v) is 5.22. The molecule has 0 bridgehead atoms. The van der Waals surface area contributed by atoms with Crippen LogP contribution >= 0.6 is 0 Å². The Morgan fingerprint density at radius 2 is 2.14 bits per heavy atom. The summed E-state index contributed by atoms with van der Waals surface area (Å²) < 4.78 is 2.92. The van der Waals surface area contributed by atoms with Crippen molar-refractivity contribution in [3.63, 3.8) is 0 Å². The Bertz CT molecular complexity index is 704. The lowest BCUT2D eigenvalue weighted by atomic mass is 10.0. The third-order valence-corrected chi connectivity index (χ3v) is 3.32. The molecule has 8 nitrogen and oxygen atoms in total. The number of nitrogens with zero attached hydrogens (tertiary/aromatic N) is 5. The SMILES string of the molecule is CC(C)C(CC(=O)O)n1nnnc1-c1ccn(C)c(=O)c1. The third kappa shape index (κ3) is 3.15. The zero-order valence-electron chi connectivity index (χ0n) is 12.1. The molecule has 2 rings (SSSR count). The van der Waals surface area contributed by atoms with Crippen molar-refractivity contribution in [1.29, 1.82) is 0 Å². The van der Waals surface area contributed by atoms with Crippen LogP contribution in [0.25, 0.3) is 11.4 Å². The van der Waals surface area contributed by atoms with Gasteiger partial charge >= 0.3 is 5.97 Å². The highest BCUT2D eigenvalue weighted by atomic mass is 16.4. The summed E-state index contributed by atoms with van der Waals surface area (Å²) >= 11 is 0. The largest absolute Gasteiger partial charge is 0.481 e. The molecule has 0 amide bonds. The number of aryl methyl sites for hydroxylation is 1. The van der Waals surface area contributed by atoms with Crippen LogP contribution < -0.4 is 5.56 Å². The van der Waals surface area contributed by atoms with Crippen LogP contribution in [-0.4, -0.2) is 35.9 Å². The lowest BCUT2D eigenvalue weighted by Crippen LogP contribution is -2.22. The van der Waals surface area contributed by atoms with Crippen LogP contribution in [0.2, 0.25) is 0 Å². The predicted molar refractivity (Wildman–Crippen MR) is 74.6 cm³/mol. The summed E-state index contributed by atoms with van der Waals surface area (Å²) in [4.78, 5) is 22.7. The first-order valence-corrected chi connectivity index (χ1v) is 6.57. The minimum absolute atomic E-state index is 0.0369. The number of rotatable bonds is 5. The Hall–Kier alpha value is -2.51. The van der Waals surface area contributed by atoms with Gasteiger partial charge in [-0.05, 0) is 22.4 Å². The van der Waals surface area contributed by atoms with Crippen molar-refractivity contribution in [2.24, 2.45) is 13.0 Å². The van der Waals surface area contributed by atoms with Gasteiger partial charge in [-0.25, -0.2) is 4.68 Å². The number of hydrogen-bond donors (Lipinski definition) is 1. The number of pyridine rings is 1. The number of aliphatic carboxylic acids is 1. The van der Waals surface area contributed by atoms with Crippen LogP contribution in [0.3, 0.4) is 0 Å². The molecule has 8 heteroatoms. The molecule has 2 heterocycles. The Balaban J connectivity index is 2.47. The zero-order chi connectivity index (χ0) is 15.6. The van der Waals surface area contributed by atoms with Gasteiger partial charge in [-0.2, -0.15) is 0 Å². The molecule has 0 spiro atoms. The maximum absolute atomic E-state index is 11.7.